The van der Waals surface area contributed by atoms with Crippen molar-refractivity contribution in [2.75, 3.05) is 76.5 Å². The predicted octanol–water partition coefficient (Wildman–Crippen LogP) is 9.44. The fourth-order valence-corrected chi connectivity index (χ4v) is 9.07. The Morgan fingerprint density at radius 3 is 2.48 bits per heavy atom. The first-order valence-electron chi connectivity index (χ1n) is 20.1. The number of pyridine rings is 1. The lowest BCUT2D eigenvalue weighted by molar-refractivity contribution is -0.00391. The van der Waals surface area contributed by atoms with Crippen LogP contribution in [0.5, 0.6) is 5.88 Å². The van der Waals surface area contributed by atoms with E-state index in [0.29, 0.717) is 24.6 Å². The van der Waals surface area contributed by atoms with E-state index in [2.05, 4.69) is 89.2 Å². The van der Waals surface area contributed by atoms with Gasteiger partial charge >= 0.3 is 5.97 Å². The molecule has 0 radical (unpaired) electrons. The molecule has 300 valence electrons. The van der Waals surface area contributed by atoms with Crippen LogP contribution >= 0.6 is 11.6 Å². The predicted molar refractivity (Wildman–Crippen MR) is 230 cm³/mol. The molecule has 56 heavy (non-hydrogen) atoms. The number of allylic oxidation sites excluding steroid dienone is 1. The first-order valence-corrected chi connectivity index (χ1v) is 24.2. The van der Waals surface area contributed by atoms with Gasteiger partial charge in [-0.1, -0.05) is 43.4 Å². The lowest BCUT2D eigenvalue weighted by Gasteiger charge is -2.40. The SMILES string of the molecule is COC(=O)c1ccc(N2CCN(CC3=C(c4ccc(Cl)cc4)CCC(C)(OC)C3)CC2)cc1N1CCCOc2nc3c(ccn3C(C)OCC[Si](C)(C)C)cc21. The summed E-state index contributed by atoms with van der Waals surface area (Å²) in [6, 6.07) is 19.7. The highest BCUT2D eigenvalue weighted by Gasteiger charge is 2.33. The number of carbonyl (C=O) groups is 1. The fourth-order valence-electron chi connectivity index (χ4n) is 8.22. The van der Waals surface area contributed by atoms with E-state index < -0.39 is 8.07 Å². The van der Waals surface area contributed by atoms with E-state index in [9.17, 15) is 4.79 Å². The van der Waals surface area contributed by atoms with Gasteiger partial charge in [-0.15, -0.1) is 0 Å². The van der Waals surface area contributed by atoms with Gasteiger partial charge < -0.3 is 33.3 Å². The monoisotopic (exact) mass is 799 g/mol. The minimum atomic E-state index is -1.21. The minimum Gasteiger partial charge on any atom is -0.476 e. The van der Waals surface area contributed by atoms with Gasteiger partial charge in [0.25, 0.3) is 0 Å². The second-order valence-electron chi connectivity index (χ2n) is 17.0. The standard InChI is InChI=1S/C44H58ClN5O5Si/c1-31(54-25-26-56(5,6)7)49-19-16-33-27-40-42(46-41(33)49)55-24-8-18-50(40)39-28-36(13-14-38(39)43(51)52-3)48-22-20-47(21-23-48)30-34-29-44(2,53-4)17-15-37(34)32-9-11-35(45)12-10-32/h9-14,16,19,27-28,31H,8,15,17-18,20-26,29-30H2,1-7H3. The van der Waals surface area contributed by atoms with Crippen molar-refractivity contribution >= 4 is 59.3 Å². The number of aromatic nitrogens is 2. The summed E-state index contributed by atoms with van der Waals surface area (Å²) in [7, 11) is 2.06. The van der Waals surface area contributed by atoms with Crippen molar-refractivity contribution in [1.29, 1.82) is 0 Å². The Hall–Kier alpha value is -3.87. The van der Waals surface area contributed by atoms with Gasteiger partial charge in [-0.05, 0) is 105 Å². The number of rotatable bonds is 12. The maximum absolute atomic E-state index is 13.3. The molecule has 7 rings (SSSR count). The molecule has 3 aliphatic rings. The molecular weight excluding hydrogens is 742 g/mol. The molecule has 1 saturated heterocycles. The molecule has 2 aromatic heterocycles. The third-order valence-corrected chi connectivity index (χ3v) is 13.7. The molecule has 0 spiro atoms. The van der Waals surface area contributed by atoms with Gasteiger partial charge in [-0.3, -0.25) is 4.90 Å². The van der Waals surface area contributed by atoms with Crippen LogP contribution in [0.4, 0.5) is 17.1 Å². The molecule has 10 nitrogen and oxygen atoms in total. The van der Waals surface area contributed by atoms with Crippen LogP contribution < -0.4 is 14.5 Å². The van der Waals surface area contributed by atoms with Crippen LogP contribution in [0.2, 0.25) is 30.7 Å². The summed E-state index contributed by atoms with van der Waals surface area (Å²) in [5.41, 5.74) is 8.02. The summed E-state index contributed by atoms with van der Waals surface area (Å²) in [6.07, 6.45) is 5.56. The van der Waals surface area contributed by atoms with Crippen LogP contribution in [-0.4, -0.2) is 101 Å². The summed E-state index contributed by atoms with van der Waals surface area (Å²) in [4.78, 5) is 25.5. The normalized spacial score (nSPS) is 20.1. The molecule has 2 atom stereocenters. The molecule has 0 amide bonds. The summed E-state index contributed by atoms with van der Waals surface area (Å²) < 4.78 is 26.0. The number of anilines is 3. The zero-order valence-corrected chi connectivity index (χ0v) is 36.0. The van der Waals surface area contributed by atoms with Crippen LogP contribution in [-0.2, 0) is 14.2 Å². The maximum atomic E-state index is 13.3. The van der Waals surface area contributed by atoms with E-state index in [1.807, 2.05) is 31.5 Å². The number of halogens is 1. The summed E-state index contributed by atoms with van der Waals surface area (Å²) in [5.74, 6) is 0.187. The summed E-state index contributed by atoms with van der Waals surface area (Å²) >= 11 is 6.26. The number of fused-ring (bicyclic) bond motifs is 2. The van der Waals surface area contributed by atoms with E-state index in [0.717, 1.165) is 104 Å². The fraction of sp³-hybridized carbons (Fsp3) is 0.500. The van der Waals surface area contributed by atoms with Gasteiger partial charge in [0.05, 0.1) is 30.6 Å². The Balaban J connectivity index is 1.12. The average molecular weight is 801 g/mol. The van der Waals surface area contributed by atoms with Gasteiger partial charge in [-0.25, -0.2) is 4.79 Å². The molecule has 1 fully saturated rings. The Kier molecular flexibility index (Phi) is 12.2. The Labute approximate surface area is 338 Å². The number of carbonyl (C=O) groups excluding carboxylic acids is 1. The number of nitrogens with zero attached hydrogens (tertiary/aromatic N) is 5. The molecule has 12 heteroatoms. The number of ether oxygens (including phenoxy) is 4. The van der Waals surface area contributed by atoms with Crippen molar-refractivity contribution in [3.05, 3.63) is 82.5 Å². The van der Waals surface area contributed by atoms with E-state index in [1.165, 1.54) is 23.8 Å². The molecule has 4 heterocycles. The largest absolute Gasteiger partial charge is 0.476 e. The molecule has 0 bridgehead atoms. The Morgan fingerprint density at radius 1 is 1.00 bits per heavy atom. The summed E-state index contributed by atoms with van der Waals surface area (Å²) in [6.45, 7) is 17.8. The highest BCUT2D eigenvalue weighted by atomic mass is 35.5. The first kappa shape index (κ1) is 40.3. The molecule has 2 unspecified atom stereocenters. The molecule has 0 saturated carbocycles. The number of esters is 1. The molecule has 0 N–H and O–H groups in total. The highest BCUT2D eigenvalue weighted by Crippen LogP contribution is 2.42. The van der Waals surface area contributed by atoms with Crippen molar-refractivity contribution in [2.24, 2.45) is 0 Å². The quantitative estimate of drug-likeness (QED) is 0.103. The van der Waals surface area contributed by atoms with E-state index >= 15 is 0 Å². The zero-order chi connectivity index (χ0) is 39.6. The zero-order valence-electron chi connectivity index (χ0n) is 34.2. The second-order valence-corrected chi connectivity index (χ2v) is 23.0. The van der Waals surface area contributed by atoms with E-state index in [1.54, 1.807) is 0 Å². The lowest BCUT2D eigenvalue weighted by atomic mass is 9.79. The number of hydrogen-bond acceptors (Lipinski definition) is 9. The van der Waals surface area contributed by atoms with Crippen molar-refractivity contribution < 1.29 is 23.7 Å². The van der Waals surface area contributed by atoms with Crippen molar-refractivity contribution in [2.45, 2.75) is 77.0 Å². The smallest absolute Gasteiger partial charge is 0.339 e. The first-order chi connectivity index (χ1) is 26.8. The number of benzene rings is 2. The van der Waals surface area contributed by atoms with Crippen LogP contribution in [0.1, 0.15) is 61.7 Å². The highest BCUT2D eigenvalue weighted by molar-refractivity contribution is 6.76. The van der Waals surface area contributed by atoms with Gasteiger partial charge in [0.1, 0.15) is 17.6 Å². The van der Waals surface area contributed by atoms with Crippen LogP contribution in [0, 0.1) is 0 Å². The topological polar surface area (TPSA) is 81.5 Å². The van der Waals surface area contributed by atoms with E-state index in [-0.39, 0.29) is 17.8 Å². The second kappa shape index (κ2) is 16.9. The van der Waals surface area contributed by atoms with Crippen LogP contribution in [0.3, 0.4) is 0 Å². The van der Waals surface area contributed by atoms with Gasteiger partial charge in [-0.2, -0.15) is 4.98 Å². The molecule has 2 aliphatic heterocycles. The number of hydrogen-bond donors (Lipinski definition) is 0. The van der Waals surface area contributed by atoms with Crippen molar-refractivity contribution in [1.82, 2.24) is 14.5 Å². The Morgan fingerprint density at radius 2 is 1.77 bits per heavy atom. The van der Waals surface area contributed by atoms with Crippen molar-refractivity contribution in [3.8, 4) is 5.88 Å². The van der Waals surface area contributed by atoms with Gasteiger partial charge in [0.15, 0.2) is 0 Å². The molecule has 2 aromatic carbocycles. The average Bonchev–Trinajstić information content (AvgIpc) is 3.49. The van der Waals surface area contributed by atoms with Gasteiger partial charge in [0.2, 0.25) is 5.88 Å². The van der Waals surface area contributed by atoms with E-state index in [4.69, 9.17) is 35.5 Å². The number of methoxy groups -OCH3 is 2. The number of piperazine rings is 1. The summed E-state index contributed by atoms with van der Waals surface area (Å²) in [5, 5.41) is 1.75. The molecule has 1 aliphatic carbocycles. The lowest BCUT2D eigenvalue weighted by Crippen LogP contribution is -2.47. The molecule has 4 aromatic rings. The van der Waals surface area contributed by atoms with Gasteiger partial charge in [0, 0.05) is 83.4 Å². The van der Waals surface area contributed by atoms with Crippen molar-refractivity contribution in [3.63, 3.8) is 0 Å². The maximum Gasteiger partial charge on any atom is 0.339 e. The van der Waals surface area contributed by atoms with Crippen LogP contribution in [0.25, 0.3) is 16.6 Å². The minimum absolute atomic E-state index is 0.158. The third-order valence-electron chi connectivity index (χ3n) is 11.7. The molecular formula is C44H58ClN5O5Si. The van der Waals surface area contributed by atoms with Crippen LogP contribution in [0.15, 0.2) is 66.4 Å². The Bertz CT molecular complexity index is 2050. The third kappa shape index (κ3) is 8.97.